The minimum Gasteiger partial charge on any atom is -0.493 e. The third kappa shape index (κ3) is 4.90. The Morgan fingerprint density at radius 2 is 1.40 bits per heavy atom. The maximum absolute atomic E-state index is 12.6. The second-order valence-corrected chi connectivity index (χ2v) is 6.95. The Morgan fingerprint density at radius 1 is 0.767 bits per heavy atom. The zero-order chi connectivity index (χ0) is 21.7. The minimum absolute atomic E-state index is 0.266. The molecule has 0 bridgehead atoms. The normalized spacial score (nSPS) is 10.3. The number of carbonyl (C=O) groups is 2. The second kappa shape index (κ2) is 9.33. The number of ether oxygens (including phenoxy) is 2. The van der Waals surface area contributed by atoms with Crippen molar-refractivity contribution in [3.05, 3.63) is 82.4 Å². The predicted octanol–water partition coefficient (Wildman–Crippen LogP) is 5.17. The van der Waals surface area contributed by atoms with Gasteiger partial charge in [-0.2, -0.15) is 0 Å². The van der Waals surface area contributed by atoms with E-state index in [9.17, 15) is 9.59 Å². The maximum atomic E-state index is 12.6. The number of anilines is 2. The summed E-state index contributed by atoms with van der Waals surface area (Å²) in [5.41, 5.74) is 2.91. The SMILES string of the molecule is COc1ccc(C(=O)Nc2ccc(C)c(NC(=O)c3ccc(Cl)cc3)c2)cc1OC. The van der Waals surface area contributed by atoms with Crippen LogP contribution in [0.15, 0.2) is 60.7 Å². The van der Waals surface area contributed by atoms with Gasteiger partial charge in [0.15, 0.2) is 11.5 Å². The largest absolute Gasteiger partial charge is 0.493 e. The van der Waals surface area contributed by atoms with Gasteiger partial charge in [0, 0.05) is 27.5 Å². The number of rotatable bonds is 6. The quantitative estimate of drug-likeness (QED) is 0.572. The highest BCUT2D eigenvalue weighted by atomic mass is 35.5. The molecule has 0 saturated carbocycles. The maximum Gasteiger partial charge on any atom is 0.255 e. The summed E-state index contributed by atoms with van der Waals surface area (Å²) >= 11 is 5.87. The van der Waals surface area contributed by atoms with Gasteiger partial charge >= 0.3 is 0 Å². The number of amides is 2. The number of hydrogen-bond donors (Lipinski definition) is 2. The molecule has 6 nitrogen and oxygen atoms in total. The Hall–Kier alpha value is -3.51. The van der Waals surface area contributed by atoms with Crippen LogP contribution in [-0.4, -0.2) is 26.0 Å². The molecule has 30 heavy (non-hydrogen) atoms. The molecule has 3 rings (SSSR count). The first-order valence-corrected chi connectivity index (χ1v) is 9.50. The third-order valence-corrected chi connectivity index (χ3v) is 4.75. The smallest absolute Gasteiger partial charge is 0.255 e. The molecule has 3 aromatic carbocycles. The highest BCUT2D eigenvalue weighted by Crippen LogP contribution is 2.28. The van der Waals surface area contributed by atoms with Crippen LogP contribution in [0.3, 0.4) is 0 Å². The molecule has 3 aromatic rings. The molecule has 0 fully saturated rings. The first-order chi connectivity index (χ1) is 14.4. The lowest BCUT2D eigenvalue weighted by molar-refractivity contribution is 0.101. The molecule has 0 heterocycles. The topological polar surface area (TPSA) is 76.7 Å². The first kappa shape index (κ1) is 21.2. The van der Waals surface area contributed by atoms with Crippen molar-refractivity contribution in [2.75, 3.05) is 24.9 Å². The third-order valence-electron chi connectivity index (χ3n) is 4.50. The molecule has 0 radical (unpaired) electrons. The lowest BCUT2D eigenvalue weighted by atomic mass is 10.1. The average molecular weight is 425 g/mol. The highest BCUT2D eigenvalue weighted by Gasteiger charge is 2.13. The zero-order valence-electron chi connectivity index (χ0n) is 16.8. The van der Waals surface area contributed by atoms with Gasteiger partial charge in [0.2, 0.25) is 0 Å². The van der Waals surface area contributed by atoms with E-state index in [1.807, 2.05) is 13.0 Å². The first-order valence-electron chi connectivity index (χ1n) is 9.12. The molecule has 0 atom stereocenters. The van der Waals surface area contributed by atoms with Crippen LogP contribution in [0.1, 0.15) is 26.3 Å². The van der Waals surface area contributed by atoms with Crippen LogP contribution in [0.5, 0.6) is 11.5 Å². The van der Waals surface area contributed by atoms with Crippen LogP contribution in [-0.2, 0) is 0 Å². The van der Waals surface area contributed by atoms with E-state index in [0.717, 1.165) is 5.56 Å². The van der Waals surface area contributed by atoms with Crippen LogP contribution < -0.4 is 20.1 Å². The van der Waals surface area contributed by atoms with Gasteiger partial charge in [-0.3, -0.25) is 9.59 Å². The van der Waals surface area contributed by atoms with Crippen molar-refractivity contribution in [3.8, 4) is 11.5 Å². The number of nitrogens with one attached hydrogen (secondary N) is 2. The standard InChI is InChI=1S/C23H21ClN2O4/c1-14-4-10-18(13-19(14)26-22(27)15-5-8-17(24)9-6-15)25-23(28)16-7-11-20(29-2)21(12-16)30-3/h4-13H,1-3H3,(H,25,28)(H,26,27). The number of methoxy groups -OCH3 is 2. The molecule has 0 aliphatic heterocycles. The number of benzene rings is 3. The van der Waals surface area contributed by atoms with E-state index in [1.165, 1.54) is 14.2 Å². The number of aryl methyl sites for hydroxylation is 1. The lowest BCUT2D eigenvalue weighted by Crippen LogP contribution is -2.15. The molecule has 2 N–H and O–H groups in total. The molecule has 0 unspecified atom stereocenters. The second-order valence-electron chi connectivity index (χ2n) is 6.51. The molecule has 0 aliphatic rings. The van der Waals surface area contributed by atoms with E-state index < -0.39 is 0 Å². The summed E-state index contributed by atoms with van der Waals surface area (Å²) in [7, 11) is 3.04. The molecular weight excluding hydrogens is 404 g/mol. The van der Waals surface area contributed by atoms with Gasteiger partial charge in [-0.05, 0) is 67.1 Å². The van der Waals surface area contributed by atoms with Crippen molar-refractivity contribution in [1.82, 2.24) is 0 Å². The van der Waals surface area contributed by atoms with Gasteiger partial charge in [0.1, 0.15) is 0 Å². The Balaban J connectivity index is 1.77. The van der Waals surface area contributed by atoms with E-state index >= 15 is 0 Å². The van der Waals surface area contributed by atoms with Gasteiger partial charge in [-0.1, -0.05) is 17.7 Å². The number of carbonyl (C=O) groups excluding carboxylic acids is 2. The van der Waals surface area contributed by atoms with Crippen LogP contribution in [0.25, 0.3) is 0 Å². The highest BCUT2D eigenvalue weighted by molar-refractivity contribution is 6.30. The summed E-state index contributed by atoms with van der Waals surface area (Å²) in [4.78, 5) is 25.1. The Labute approximate surface area is 179 Å². The molecular formula is C23H21ClN2O4. The van der Waals surface area contributed by atoms with Crippen molar-refractivity contribution in [1.29, 1.82) is 0 Å². The van der Waals surface area contributed by atoms with Gasteiger partial charge in [-0.25, -0.2) is 0 Å². The summed E-state index contributed by atoms with van der Waals surface area (Å²) in [5, 5.41) is 6.25. The molecule has 0 aromatic heterocycles. The lowest BCUT2D eigenvalue weighted by Gasteiger charge is -2.13. The van der Waals surface area contributed by atoms with E-state index in [2.05, 4.69) is 10.6 Å². The fraction of sp³-hybridized carbons (Fsp3) is 0.130. The van der Waals surface area contributed by atoms with Gasteiger partial charge in [-0.15, -0.1) is 0 Å². The van der Waals surface area contributed by atoms with Gasteiger partial charge in [0.25, 0.3) is 11.8 Å². The minimum atomic E-state index is -0.310. The van der Waals surface area contributed by atoms with E-state index in [-0.39, 0.29) is 11.8 Å². The predicted molar refractivity (Wildman–Crippen MR) is 118 cm³/mol. The van der Waals surface area contributed by atoms with Crippen LogP contribution in [0.2, 0.25) is 5.02 Å². The molecule has 154 valence electrons. The summed E-state index contributed by atoms with van der Waals surface area (Å²) in [6.45, 7) is 1.87. The Morgan fingerprint density at radius 3 is 2.07 bits per heavy atom. The molecule has 7 heteroatoms. The van der Waals surface area contributed by atoms with Gasteiger partial charge < -0.3 is 20.1 Å². The monoisotopic (exact) mass is 424 g/mol. The van der Waals surface area contributed by atoms with Crippen molar-refractivity contribution in [3.63, 3.8) is 0 Å². The molecule has 0 aliphatic carbocycles. The van der Waals surface area contributed by atoms with Crippen LogP contribution >= 0.6 is 11.6 Å². The molecule has 0 spiro atoms. The average Bonchev–Trinajstić information content (AvgIpc) is 2.75. The summed E-state index contributed by atoms with van der Waals surface area (Å²) in [5.74, 6) is 0.425. The Kier molecular flexibility index (Phi) is 6.59. The van der Waals surface area contributed by atoms with Crippen molar-refractivity contribution in [2.45, 2.75) is 6.92 Å². The Bertz CT molecular complexity index is 1080. The summed E-state index contributed by atoms with van der Waals surface area (Å²) < 4.78 is 10.4. The summed E-state index contributed by atoms with van der Waals surface area (Å²) in [6, 6.07) is 16.8. The van der Waals surface area contributed by atoms with Crippen molar-refractivity contribution in [2.24, 2.45) is 0 Å². The van der Waals surface area contributed by atoms with E-state index in [0.29, 0.717) is 39.0 Å². The fourth-order valence-electron chi connectivity index (χ4n) is 2.81. The zero-order valence-corrected chi connectivity index (χ0v) is 17.5. The van der Waals surface area contributed by atoms with E-state index in [4.69, 9.17) is 21.1 Å². The van der Waals surface area contributed by atoms with Crippen LogP contribution in [0, 0.1) is 6.92 Å². The van der Waals surface area contributed by atoms with Crippen molar-refractivity contribution >= 4 is 34.8 Å². The van der Waals surface area contributed by atoms with Gasteiger partial charge in [0.05, 0.1) is 14.2 Å². The molecule has 2 amide bonds. The number of hydrogen-bond acceptors (Lipinski definition) is 4. The number of halogens is 1. The van der Waals surface area contributed by atoms with Crippen molar-refractivity contribution < 1.29 is 19.1 Å². The fourth-order valence-corrected chi connectivity index (χ4v) is 2.94. The van der Waals surface area contributed by atoms with Crippen LogP contribution in [0.4, 0.5) is 11.4 Å². The molecule has 0 saturated heterocycles. The van der Waals surface area contributed by atoms with E-state index in [1.54, 1.807) is 54.6 Å². The summed E-state index contributed by atoms with van der Waals surface area (Å²) in [6.07, 6.45) is 0.